The molecule has 2 aromatic rings. The number of nitrogens with zero attached hydrogens (tertiary/aromatic N) is 3. The summed E-state index contributed by atoms with van der Waals surface area (Å²) in [7, 11) is 0. The summed E-state index contributed by atoms with van der Waals surface area (Å²) in [6, 6.07) is 1.97. The quantitative estimate of drug-likeness (QED) is 0.889. The number of carboxylic acids is 1. The summed E-state index contributed by atoms with van der Waals surface area (Å²) in [6.45, 7) is 0.693. The maximum atomic E-state index is 13.1. The van der Waals surface area contributed by atoms with Crippen LogP contribution < -0.4 is 4.90 Å². The fourth-order valence-corrected chi connectivity index (χ4v) is 1.97. The third-order valence-electron chi connectivity index (χ3n) is 3.13. The van der Waals surface area contributed by atoms with Crippen LogP contribution in [0.5, 0.6) is 0 Å². The van der Waals surface area contributed by atoms with Gasteiger partial charge in [0.05, 0.1) is 23.1 Å². The molecule has 19 heavy (non-hydrogen) atoms. The summed E-state index contributed by atoms with van der Waals surface area (Å²) in [5.74, 6) is -2.74. The number of fused-ring (bicyclic) bond motifs is 1. The Balaban J connectivity index is 1.90. The average Bonchev–Trinajstić information content (AvgIpc) is 2.28. The van der Waals surface area contributed by atoms with Gasteiger partial charge in [0.25, 0.3) is 0 Å². The van der Waals surface area contributed by atoms with Crippen molar-refractivity contribution in [3.8, 4) is 0 Å². The molecule has 1 aliphatic rings. The van der Waals surface area contributed by atoms with Gasteiger partial charge in [0.2, 0.25) is 0 Å². The van der Waals surface area contributed by atoms with Crippen molar-refractivity contribution >= 4 is 22.8 Å². The van der Waals surface area contributed by atoms with E-state index in [0.29, 0.717) is 18.9 Å². The van der Waals surface area contributed by atoms with Gasteiger partial charge >= 0.3 is 5.97 Å². The lowest BCUT2D eigenvalue weighted by Crippen LogP contribution is -2.50. The summed E-state index contributed by atoms with van der Waals surface area (Å²) in [4.78, 5) is 20.6. The maximum absolute atomic E-state index is 13.1. The zero-order chi connectivity index (χ0) is 13.6. The number of aliphatic carboxylic acids is 1. The highest BCUT2D eigenvalue weighted by Gasteiger charge is 2.33. The largest absolute Gasteiger partial charge is 0.481 e. The van der Waals surface area contributed by atoms with Crippen molar-refractivity contribution < 1.29 is 18.7 Å². The SMILES string of the molecule is O=C(O)C1CN(c2cnc3cc(F)c(F)cc3n2)C1. The summed E-state index contributed by atoms with van der Waals surface area (Å²) >= 11 is 0. The number of hydrogen-bond acceptors (Lipinski definition) is 4. The molecule has 7 heteroatoms. The fraction of sp³-hybridized carbons (Fsp3) is 0.250. The molecule has 1 aromatic heterocycles. The van der Waals surface area contributed by atoms with Crippen LogP contribution in [-0.4, -0.2) is 34.1 Å². The van der Waals surface area contributed by atoms with Crippen LogP contribution >= 0.6 is 0 Å². The molecule has 0 spiro atoms. The molecule has 98 valence electrons. The number of benzene rings is 1. The van der Waals surface area contributed by atoms with Crippen LogP contribution in [0.25, 0.3) is 11.0 Å². The lowest BCUT2D eigenvalue weighted by Gasteiger charge is -2.37. The molecule has 0 bridgehead atoms. The van der Waals surface area contributed by atoms with E-state index in [0.717, 1.165) is 12.1 Å². The van der Waals surface area contributed by atoms with Gasteiger partial charge in [-0.15, -0.1) is 0 Å². The number of carbonyl (C=O) groups is 1. The summed E-state index contributed by atoms with van der Waals surface area (Å²) < 4.78 is 26.1. The summed E-state index contributed by atoms with van der Waals surface area (Å²) in [6.07, 6.45) is 1.43. The Hall–Kier alpha value is -2.31. The maximum Gasteiger partial charge on any atom is 0.310 e. The smallest absolute Gasteiger partial charge is 0.310 e. The molecule has 1 saturated heterocycles. The van der Waals surface area contributed by atoms with Crippen molar-refractivity contribution in [3.63, 3.8) is 0 Å². The van der Waals surface area contributed by atoms with E-state index in [1.807, 2.05) is 0 Å². The molecule has 2 heterocycles. The standard InChI is InChI=1S/C12H9F2N3O2/c13-7-1-9-10(2-8(7)14)16-11(3-15-9)17-4-6(5-17)12(18)19/h1-3,6H,4-5H2,(H,18,19). The van der Waals surface area contributed by atoms with Crippen LogP contribution in [-0.2, 0) is 4.79 Å². The van der Waals surface area contributed by atoms with E-state index >= 15 is 0 Å². The number of aromatic nitrogens is 2. The van der Waals surface area contributed by atoms with Crippen LogP contribution in [0.4, 0.5) is 14.6 Å². The van der Waals surface area contributed by atoms with Gasteiger partial charge in [0.15, 0.2) is 11.6 Å². The molecule has 3 rings (SSSR count). The first-order chi connectivity index (χ1) is 9.04. The van der Waals surface area contributed by atoms with Gasteiger partial charge in [-0.05, 0) is 0 Å². The second-order valence-electron chi connectivity index (χ2n) is 4.42. The third kappa shape index (κ3) is 1.96. The zero-order valence-electron chi connectivity index (χ0n) is 9.68. The molecule has 1 aliphatic heterocycles. The van der Waals surface area contributed by atoms with Gasteiger partial charge in [-0.1, -0.05) is 0 Å². The number of anilines is 1. The Bertz CT molecular complexity index is 671. The highest BCUT2D eigenvalue weighted by atomic mass is 19.2. The number of hydrogen-bond donors (Lipinski definition) is 1. The van der Waals surface area contributed by atoms with E-state index in [4.69, 9.17) is 5.11 Å². The van der Waals surface area contributed by atoms with E-state index in [1.54, 1.807) is 4.90 Å². The molecular weight excluding hydrogens is 256 g/mol. The number of carboxylic acid groups (broad SMARTS) is 1. The van der Waals surface area contributed by atoms with E-state index in [1.165, 1.54) is 6.20 Å². The van der Waals surface area contributed by atoms with E-state index in [9.17, 15) is 13.6 Å². The highest BCUT2D eigenvalue weighted by Crippen LogP contribution is 2.24. The zero-order valence-corrected chi connectivity index (χ0v) is 9.68. The van der Waals surface area contributed by atoms with Crippen LogP contribution in [0, 0.1) is 17.6 Å². The van der Waals surface area contributed by atoms with Crippen molar-refractivity contribution in [2.24, 2.45) is 5.92 Å². The lowest BCUT2D eigenvalue weighted by atomic mass is 10.0. The molecule has 0 radical (unpaired) electrons. The minimum atomic E-state index is -0.981. The second-order valence-corrected chi connectivity index (χ2v) is 4.42. The van der Waals surface area contributed by atoms with Crippen LogP contribution in [0.15, 0.2) is 18.3 Å². The summed E-state index contributed by atoms with van der Waals surface area (Å²) in [5, 5.41) is 8.78. The predicted molar refractivity (Wildman–Crippen MR) is 62.8 cm³/mol. The molecule has 1 fully saturated rings. The second kappa shape index (κ2) is 4.11. The van der Waals surface area contributed by atoms with E-state index < -0.39 is 23.5 Å². The van der Waals surface area contributed by atoms with Crippen molar-refractivity contribution in [1.29, 1.82) is 0 Å². The normalized spacial score (nSPS) is 15.6. The first-order valence-corrected chi connectivity index (χ1v) is 5.64. The Labute approximate surface area is 106 Å². The third-order valence-corrected chi connectivity index (χ3v) is 3.13. The molecule has 0 aliphatic carbocycles. The van der Waals surface area contributed by atoms with Crippen molar-refractivity contribution in [2.75, 3.05) is 18.0 Å². The highest BCUT2D eigenvalue weighted by molar-refractivity contribution is 5.77. The van der Waals surface area contributed by atoms with Crippen LogP contribution in [0.1, 0.15) is 0 Å². The van der Waals surface area contributed by atoms with Gasteiger partial charge in [-0.2, -0.15) is 0 Å². The molecule has 5 nitrogen and oxygen atoms in total. The van der Waals surface area contributed by atoms with Gasteiger partial charge in [0.1, 0.15) is 5.82 Å². The molecule has 1 aromatic carbocycles. The number of rotatable bonds is 2. The first-order valence-electron chi connectivity index (χ1n) is 5.64. The van der Waals surface area contributed by atoms with Gasteiger partial charge in [0, 0.05) is 25.2 Å². The Morgan fingerprint density at radius 3 is 2.53 bits per heavy atom. The first kappa shape index (κ1) is 11.8. The van der Waals surface area contributed by atoms with Gasteiger partial charge in [-0.3, -0.25) is 9.78 Å². The Kier molecular flexibility index (Phi) is 2.55. The van der Waals surface area contributed by atoms with Crippen LogP contribution in [0.2, 0.25) is 0 Å². The fourth-order valence-electron chi connectivity index (χ4n) is 1.97. The van der Waals surface area contributed by atoms with Gasteiger partial charge in [-0.25, -0.2) is 13.8 Å². The van der Waals surface area contributed by atoms with E-state index in [-0.39, 0.29) is 11.0 Å². The minimum absolute atomic E-state index is 0.246. The number of halogens is 2. The molecular formula is C12H9F2N3O2. The molecule has 0 amide bonds. The predicted octanol–water partition coefficient (Wildman–Crippen LogP) is 1.43. The molecule has 0 saturated carbocycles. The Morgan fingerprint density at radius 1 is 1.26 bits per heavy atom. The summed E-state index contributed by atoms with van der Waals surface area (Å²) in [5.41, 5.74) is 0.508. The van der Waals surface area contributed by atoms with Crippen molar-refractivity contribution in [2.45, 2.75) is 0 Å². The minimum Gasteiger partial charge on any atom is -0.481 e. The topological polar surface area (TPSA) is 66.3 Å². The molecule has 1 N–H and O–H groups in total. The van der Waals surface area contributed by atoms with Crippen molar-refractivity contribution in [1.82, 2.24) is 9.97 Å². The van der Waals surface area contributed by atoms with Gasteiger partial charge < -0.3 is 10.0 Å². The lowest BCUT2D eigenvalue weighted by molar-refractivity contribution is -0.142. The monoisotopic (exact) mass is 265 g/mol. The Morgan fingerprint density at radius 2 is 1.89 bits per heavy atom. The van der Waals surface area contributed by atoms with Crippen LogP contribution in [0.3, 0.4) is 0 Å². The van der Waals surface area contributed by atoms with Crippen molar-refractivity contribution in [3.05, 3.63) is 30.0 Å². The molecule has 0 unspecified atom stereocenters. The molecule has 0 atom stereocenters. The average molecular weight is 265 g/mol. The van der Waals surface area contributed by atoms with E-state index in [2.05, 4.69) is 9.97 Å².